The summed E-state index contributed by atoms with van der Waals surface area (Å²) in [5.74, 6) is 1.03. The van der Waals surface area contributed by atoms with Gasteiger partial charge < -0.3 is 5.11 Å². The van der Waals surface area contributed by atoms with Crippen molar-refractivity contribution in [2.45, 2.75) is 43.0 Å². The molecule has 0 aliphatic carbocycles. The van der Waals surface area contributed by atoms with Crippen molar-refractivity contribution in [3.63, 3.8) is 0 Å². The van der Waals surface area contributed by atoms with E-state index < -0.39 is 17.3 Å². The minimum atomic E-state index is -4.54. The molecule has 0 radical (unpaired) electrons. The van der Waals surface area contributed by atoms with Gasteiger partial charge in [0.2, 0.25) is 0 Å². The zero-order chi connectivity index (χ0) is 20.4. The molecule has 28 heavy (non-hydrogen) atoms. The number of hydrogen-bond donors (Lipinski definition) is 1. The number of thioether (sulfide) groups is 1. The van der Waals surface area contributed by atoms with Crippen LogP contribution in [0.1, 0.15) is 36.5 Å². The fraction of sp³-hybridized carbons (Fsp3) is 0.429. The molecule has 2 aromatic carbocycles. The molecule has 1 aliphatic rings. The van der Waals surface area contributed by atoms with E-state index in [4.69, 9.17) is 11.6 Å². The standard InChI is InChI=1S/C21H23ClF3NOS/c1-2-28-17-6-3-15(4-7-17)14-26-11-9-20(27,10-12-26)16-5-8-19(22)18(13-16)21(23,24)25/h3-8,13,27H,2,9-12,14H2,1H3. The van der Waals surface area contributed by atoms with Gasteiger partial charge in [0.15, 0.2) is 0 Å². The third kappa shape index (κ3) is 5.03. The van der Waals surface area contributed by atoms with Crippen LogP contribution < -0.4 is 0 Å². The Kier molecular flexibility index (Phi) is 6.65. The Morgan fingerprint density at radius 3 is 2.32 bits per heavy atom. The third-order valence-corrected chi connectivity index (χ3v) is 6.36. The van der Waals surface area contributed by atoms with E-state index in [-0.39, 0.29) is 10.6 Å². The molecule has 0 aromatic heterocycles. The molecular weight excluding hydrogens is 407 g/mol. The number of aliphatic hydroxyl groups is 1. The average molecular weight is 430 g/mol. The van der Waals surface area contributed by atoms with Crippen LogP contribution >= 0.6 is 23.4 Å². The first-order valence-corrected chi connectivity index (χ1v) is 10.6. The van der Waals surface area contributed by atoms with Crippen molar-refractivity contribution < 1.29 is 18.3 Å². The molecule has 0 unspecified atom stereocenters. The Bertz CT molecular complexity index is 802. The molecule has 0 spiro atoms. The molecular formula is C21H23ClF3NOS. The highest BCUT2D eigenvalue weighted by Gasteiger charge is 2.38. The maximum Gasteiger partial charge on any atom is 0.417 e. The van der Waals surface area contributed by atoms with Crippen LogP contribution in [-0.4, -0.2) is 28.8 Å². The Morgan fingerprint density at radius 2 is 1.75 bits per heavy atom. The molecule has 0 saturated carbocycles. The van der Waals surface area contributed by atoms with Crippen LogP contribution in [0.3, 0.4) is 0 Å². The van der Waals surface area contributed by atoms with E-state index in [9.17, 15) is 18.3 Å². The van der Waals surface area contributed by atoms with Crippen molar-refractivity contribution in [3.05, 3.63) is 64.2 Å². The van der Waals surface area contributed by atoms with Crippen molar-refractivity contribution >= 4 is 23.4 Å². The molecule has 152 valence electrons. The minimum Gasteiger partial charge on any atom is -0.385 e. The predicted octanol–water partition coefficient (Wildman–Crippen LogP) is 5.95. The van der Waals surface area contributed by atoms with E-state index in [0.717, 1.165) is 18.4 Å². The van der Waals surface area contributed by atoms with Gasteiger partial charge in [-0.05, 0) is 54.0 Å². The predicted molar refractivity (Wildman–Crippen MR) is 108 cm³/mol. The van der Waals surface area contributed by atoms with Gasteiger partial charge in [-0.15, -0.1) is 11.8 Å². The molecule has 2 nitrogen and oxygen atoms in total. The molecule has 1 heterocycles. The van der Waals surface area contributed by atoms with Gasteiger partial charge >= 0.3 is 6.18 Å². The van der Waals surface area contributed by atoms with Gasteiger partial charge in [-0.2, -0.15) is 13.2 Å². The topological polar surface area (TPSA) is 23.5 Å². The quantitative estimate of drug-likeness (QED) is 0.593. The molecule has 1 saturated heterocycles. The number of piperidine rings is 1. The van der Waals surface area contributed by atoms with E-state index in [1.165, 1.54) is 22.6 Å². The number of rotatable bonds is 5. The number of alkyl halides is 3. The van der Waals surface area contributed by atoms with Gasteiger partial charge in [-0.3, -0.25) is 4.90 Å². The van der Waals surface area contributed by atoms with Crippen molar-refractivity contribution in [1.29, 1.82) is 0 Å². The van der Waals surface area contributed by atoms with E-state index in [0.29, 0.717) is 25.9 Å². The van der Waals surface area contributed by atoms with Crippen LogP contribution in [0.4, 0.5) is 13.2 Å². The van der Waals surface area contributed by atoms with Crippen LogP contribution in [0.5, 0.6) is 0 Å². The first-order chi connectivity index (χ1) is 13.2. The van der Waals surface area contributed by atoms with E-state index >= 15 is 0 Å². The second-order valence-corrected chi connectivity index (χ2v) is 8.82. The Morgan fingerprint density at radius 1 is 1.11 bits per heavy atom. The summed E-state index contributed by atoms with van der Waals surface area (Å²) in [6.07, 6.45) is -3.77. The van der Waals surface area contributed by atoms with Crippen LogP contribution in [0.2, 0.25) is 5.02 Å². The zero-order valence-electron chi connectivity index (χ0n) is 15.6. The van der Waals surface area contributed by atoms with Crippen LogP contribution in [-0.2, 0) is 18.3 Å². The van der Waals surface area contributed by atoms with Crippen LogP contribution in [0.15, 0.2) is 47.4 Å². The van der Waals surface area contributed by atoms with Gasteiger partial charge in [-0.25, -0.2) is 0 Å². The van der Waals surface area contributed by atoms with Crippen molar-refractivity contribution in [2.75, 3.05) is 18.8 Å². The first-order valence-electron chi connectivity index (χ1n) is 9.25. The van der Waals surface area contributed by atoms with E-state index in [1.807, 2.05) is 0 Å². The Hall–Kier alpha value is -1.21. The number of benzene rings is 2. The van der Waals surface area contributed by atoms with Gasteiger partial charge in [0.05, 0.1) is 16.2 Å². The highest BCUT2D eigenvalue weighted by Crippen LogP contribution is 2.40. The lowest BCUT2D eigenvalue weighted by Crippen LogP contribution is -2.42. The summed E-state index contributed by atoms with van der Waals surface area (Å²) in [6.45, 7) is 4.12. The molecule has 2 aromatic rings. The van der Waals surface area contributed by atoms with Gasteiger partial charge in [0, 0.05) is 24.5 Å². The van der Waals surface area contributed by atoms with Gasteiger partial charge in [0.25, 0.3) is 0 Å². The van der Waals surface area contributed by atoms with E-state index in [2.05, 4.69) is 36.1 Å². The summed E-state index contributed by atoms with van der Waals surface area (Å²) in [5, 5.41) is 10.6. The lowest BCUT2D eigenvalue weighted by molar-refractivity contribution is -0.137. The summed E-state index contributed by atoms with van der Waals surface area (Å²) >= 11 is 7.49. The zero-order valence-corrected chi connectivity index (χ0v) is 17.2. The molecule has 1 aliphatic heterocycles. The highest BCUT2D eigenvalue weighted by atomic mass is 35.5. The van der Waals surface area contributed by atoms with Gasteiger partial charge in [-0.1, -0.05) is 36.7 Å². The summed E-state index contributed by atoms with van der Waals surface area (Å²) in [7, 11) is 0. The molecule has 1 fully saturated rings. The normalized spacial score (nSPS) is 17.6. The summed E-state index contributed by atoms with van der Waals surface area (Å²) in [6, 6.07) is 12.1. The molecule has 3 rings (SSSR count). The summed E-state index contributed by atoms with van der Waals surface area (Å²) in [4.78, 5) is 3.46. The highest BCUT2D eigenvalue weighted by molar-refractivity contribution is 7.99. The Balaban J connectivity index is 1.65. The average Bonchev–Trinajstić information content (AvgIpc) is 2.65. The fourth-order valence-electron chi connectivity index (χ4n) is 3.52. The fourth-order valence-corrected chi connectivity index (χ4v) is 4.40. The molecule has 0 atom stereocenters. The van der Waals surface area contributed by atoms with Crippen molar-refractivity contribution in [2.24, 2.45) is 0 Å². The smallest absolute Gasteiger partial charge is 0.385 e. The number of hydrogen-bond acceptors (Lipinski definition) is 3. The van der Waals surface area contributed by atoms with Gasteiger partial charge in [0.1, 0.15) is 0 Å². The third-order valence-electron chi connectivity index (χ3n) is 5.13. The van der Waals surface area contributed by atoms with Crippen molar-refractivity contribution in [1.82, 2.24) is 4.90 Å². The molecule has 7 heteroatoms. The van der Waals surface area contributed by atoms with E-state index in [1.54, 1.807) is 11.8 Å². The lowest BCUT2D eigenvalue weighted by atomic mass is 9.83. The number of nitrogens with zero attached hydrogens (tertiary/aromatic N) is 1. The van der Waals surface area contributed by atoms with Crippen LogP contribution in [0, 0.1) is 0 Å². The number of likely N-dealkylation sites (tertiary alicyclic amines) is 1. The summed E-state index contributed by atoms with van der Waals surface area (Å²) < 4.78 is 39.4. The first kappa shape index (κ1) is 21.5. The maximum atomic E-state index is 13.1. The number of halogens is 4. The largest absolute Gasteiger partial charge is 0.417 e. The van der Waals surface area contributed by atoms with Crippen molar-refractivity contribution in [3.8, 4) is 0 Å². The molecule has 0 bridgehead atoms. The molecule has 1 N–H and O–H groups in total. The second kappa shape index (κ2) is 8.66. The maximum absolute atomic E-state index is 13.1. The summed E-state index contributed by atoms with van der Waals surface area (Å²) in [5.41, 5.74) is -0.683. The monoisotopic (exact) mass is 429 g/mol. The van der Waals surface area contributed by atoms with Crippen LogP contribution in [0.25, 0.3) is 0 Å². The SMILES string of the molecule is CCSc1ccc(CN2CCC(O)(c3ccc(Cl)c(C(F)(F)F)c3)CC2)cc1. The lowest BCUT2D eigenvalue weighted by Gasteiger charge is -2.39. The second-order valence-electron chi connectivity index (χ2n) is 7.08. The molecule has 0 amide bonds. The Labute approximate surface area is 172 Å². The minimum absolute atomic E-state index is 0.282.